The Morgan fingerprint density at radius 1 is 0.429 bits per heavy atom. The van der Waals surface area contributed by atoms with E-state index < -0.39 is 0 Å². The van der Waals surface area contributed by atoms with Crippen LogP contribution in [0.3, 0.4) is 0 Å². The molecule has 4 fully saturated rings. The van der Waals surface area contributed by atoms with E-state index in [1.54, 1.807) is 11.1 Å². The van der Waals surface area contributed by atoms with Gasteiger partial charge in [-0.1, -0.05) is 103 Å². The predicted molar refractivity (Wildman–Crippen MR) is 203 cm³/mol. The molecule has 0 N–H and O–H groups in total. The first kappa shape index (κ1) is 26.8. The zero-order chi connectivity index (χ0) is 31.8. The van der Waals surface area contributed by atoms with Gasteiger partial charge in [0, 0.05) is 21.6 Å². The molecule has 1 aromatic heterocycles. The van der Waals surface area contributed by atoms with Crippen molar-refractivity contribution in [2.45, 2.75) is 37.5 Å². The maximum atomic E-state index is 6.62. The van der Waals surface area contributed by atoms with Crippen LogP contribution >= 0.6 is 0 Å². The number of hydrogen-bond acceptors (Lipinski definition) is 1. The van der Waals surface area contributed by atoms with Gasteiger partial charge in [-0.2, -0.15) is 0 Å². The molecule has 1 heterocycles. The standard InChI is InChI=1S/C48H36O/c1-3-9-37-30(6-1)8-5-11-38(37)34-14-16-40-43-25-32(15-19-44(43)48(45(40)26-34)35-21-28-20-29(23-35)24-36(48)22-28)33-13-17-41-42-18-12-31-7-2-4-10-39(31)47(42)49-46(41)27-33/h1-19,25-29,35-36H,20-24H2. The Hall–Kier alpha value is -5.14. The summed E-state index contributed by atoms with van der Waals surface area (Å²) < 4.78 is 6.62. The molecule has 1 nitrogen and oxygen atoms in total. The molecule has 4 saturated carbocycles. The molecule has 234 valence electrons. The van der Waals surface area contributed by atoms with Gasteiger partial charge in [0.2, 0.25) is 0 Å². The van der Waals surface area contributed by atoms with E-state index in [9.17, 15) is 0 Å². The number of hydrogen-bond donors (Lipinski definition) is 0. The summed E-state index contributed by atoms with van der Waals surface area (Å²) in [7, 11) is 0. The Kier molecular flexibility index (Phi) is 5.20. The summed E-state index contributed by atoms with van der Waals surface area (Å²) >= 11 is 0. The molecule has 7 aromatic carbocycles. The molecule has 49 heavy (non-hydrogen) atoms. The van der Waals surface area contributed by atoms with E-state index in [2.05, 4.69) is 133 Å². The van der Waals surface area contributed by atoms with Crippen molar-refractivity contribution in [3.8, 4) is 33.4 Å². The van der Waals surface area contributed by atoms with Crippen molar-refractivity contribution < 1.29 is 4.42 Å². The lowest BCUT2D eigenvalue weighted by Crippen LogP contribution is -2.55. The zero-order valence-corrected chi connectivity index (χ0v) is 27.5. The summed E-state index contributed by atoms with van der Waals surface area (Å²) in [6.07, 6.45) is 7.04. The Morgan fingerprint density at radius 2 is 1.10 bits per heavy atom. The summed E-state index contributed by atoms with van der Waals surface area (Å²) in [6, 6.07) is 50.4. The second-order valence-electron chi connectivity index (χ2n) is 15.7. The third-order valence-corrected chi connectivity index (χ3v) is 13.4. The van der Waals surface area contributed by atoms with Gasteiger partial charge in [0.25, 0.3) is 0 Å². The van der Waals surface area contributed by atoms with E-state index in [0.29, 0.717) is 0 Å². The van der Waals surface area contributed by atoms with Gasteiger partial charge < -0.3 is 4.42 Å². The molecule has 5 aliphatic rings. The average molecular weight is 629 g/mol. The lowest BCUT2D eigenvalue weighted by Gasteiger charge is -2.61. The van der Waals surface area contributed by atoms with E-state index in [-0.39, 0.29) is 5.41 Å². The van der Waals surface area contributed by atoms with Crippen LogP contribution < -0.4 is 0 Å². The van der Waals surface area contributed by atoms with Gasteiger partial charge >= 0.3 is 0 Å². The van der Waals surface area contributed by atoms with Crippen molar-refractivity contribution >= 4 is 43.5 Å². The van der Waals surface area contributed by atoms with Crippen LogP contribution in [0.2, 0.25) is 0 Å². The Bertz CT molecular complexity index is 2650. The molecule has 8 aromatic rings. The van der Waals surface area contributed by atoms with Crippen LogP contribution in [0.4, 0.5) is 0 Å². The van der Waals surface area contributed by atoms with Crippen molar-refractivity contribution in [3.63, 3.8) is 0 Å². The topological polar surface area (TPSA) is 13.1 Å². The van der Waals surface area contributed by atoms with Crippen molar-refractivity contribution in [1.29, 1.82) is 0 Å². The minimum absolute atomic E-state index is 0.126. The normalized spacial score (nSPS) is 24.8. The molecule has 0 atom stereocenters. The summed E-state index contributed by atoms with van der Waals surface area (Å²) in [5.74, 6) is 3.32. The molecule has 1 heteroatoms. The number of benzene rings is 7. The largest absolute Gasteiger partial charge is 0.455 e. The summed E-state index contributed by atoms with van der Waals surface area (Å²) in [6.45, 7) is 0. The molecular weight excluding hydrogens is 593 g/mol. The molecule has 0 aliphatic heterocycles. The highest BCUT2D eigenvalue weighted by Crippen LogP contribution is 2.69. The number of rotatable bonds is 2. The number of furan rings is 1. The fraction of sp³-hybridized carbons (Fsp3) is 0.208. The minimum Gasteiger partial charge on any atom is -0.455 e. The van der Waals surface area contributed by atoms with Crippen LogP contribution in [-0.4, -0.2) is 0 Å². The second-order valence-corrected chi connectivity index (χ2v) is 15.7. The van der Waals surface area contributed by atoms with Crippen molar-refractivity contribution in [3.05, 3.63) is 145 Å². The van der Waals surface area contributed by atoms with Gasteiger partial charge in [0.05, 0.1) is 0 Å². The van der Waals surface area contributed by atoms with E-state index in [4.69, 9.17) is 4.42 Å². The Labute approximate surface area is 286 Å². The molecule has 0 unspecified atom stereocenters. The van der Waals surface area contributed by atoms with Crippen molar-refractivity contribution in [2.24, 2.45) is 23.7 Å². The fourth-order valence-corrected chi connectivity index (χ4v) is 11.7. The van der Waals surface area contributed by atoms with Gasteiger partial charge in [-0.25, -0.2) is 0 Å². The van der Waals surface area contributed by atoms with Gasteiger partial charge in [0.15, 0.2) is 0 Å². The predicted octanol–water partition coefficient (Wildman–Crippen LogP) is 12.9. The fourth-order valence-electron chi connectivity index (χ4n) is 11.7. The van der Waals surface area contributed by atoms with E-state index >= 15 is 0 Å². The molecule has 4 bridgehead atoms. The summed E-state index contributed by atoms with van der Waals surface area (Å²) in [5.41, 5.74) is 13.4. The van der Waals surface area contributed by atoms with Gasteiger partial charge in [0.1, 0.15) is 11.2 Å². The van der Waals surface area contributed by atoms with Crippen LogP contribution in [0.15, 0.2) is 138 Å². The van der Waals surface area contributed by atoms with Crippen molar-refractivity contribution in [1.82, 2.24) is 0 Å². The SMILES string of the molecule is c1ccc2c(-c3ccc4c(c3)C3(c5ccc(-c6ccc7c(c6)oc6c8ccccc8ccc76)cc5-4)C4CC5CC(C4)CC3C5)cccc2c1. The van der Waals surface area contributed by atoms with Gasteiger partial charge in [-0.05, 0) is 147 Å². The highest BCUT2D eigenvalue weighted by molar-refractivity contribution is 6.15. The first-order valence-corrected chi connectivity index (χ1v) is 18.3. The van der Waals surface area contributed by atoms with E-state index in [0.717, 1.165) is 34.8 Å². The van der Waals surface area contributed by atoms with Gasteiger partial charge in [-0.15, -0.1) is 0 Å². The molecular formula is C48H36O. The first-order chi connectivity index (χ1) is 24.2. The molecule has 1 spiro atoms. The minimum atomic E-state index is 0.126. The van der Waals surface area contributed by atoms with Crippen LogP contribution in [0.5, 0.6) is 0 Å². The summed E-state index contributed by atoms with van der Waals surface area (Å²) in [4.78, 5) is 0. The second kappa shape index (κ2) is 9.51. The smallest absolute Gasteiger partial charge is 0.143 e. The van der Waals surface area contributed by atoms with Crippen LogP contribution in [0, 0.1) is 23.7 Å². The molecule has 0 radical (unpaired) electrons. The van der Waals surface area contributed by atoms with Crippen LogP contribution in [-0.2, 0) is 5.41 Å². The zero-order valence-electron chi connectivity index (χ0n) is 27.5. The lowest BCUT2D eigenvalue weighted by atomic mass is 9.43. The molecule has 0 saturated heterocycles. The average Bonchev–Trinajstić information content (AvgIpc) is 3.66. The highest BCUT2D eigenvalue weighted by atomic mass is 16.3. The Morgan fingerprint density at radius 3 is 1.94 bits per heavy atom. The summed E-state index contributed by atoms with van der Waals surface area (Å²) in [5, 5.41) is 7.42. The van der Waals surface area contributed by atoms with Gasteiger partial charge in [-0.3, -0.25) is 0 Å². The highest BCUT2D eigenvalue weighted by Gasteiger charge is 2.61. The maximum Gasteiger partial charge on any atom is 0.143 e. The quantitative estimate of drug-likeness (QED) is 0.186. The Balaban J connectivity index is 1.05. The lowest BCUT2D eigenvalue weighted by molar-refractivity contribution is -0.0399. The first-order valence-electron chi connectivity index (χ1n) is 18.3. The molecule has 5 aliphatic carbocycles. The maximum absolute atomic E-state index is 6.62. The van der Waals surface area contributed by atoms with Crippen LogP contribution in [0.25, 0.3) is 76.9 Å². The third kappa shape index (κ3) is 3.51. The monoisotopic (exact) mass is 628 g/mol. The third-order valence-electron chi connectivity index (χ3n) is 13.4. The number of fused-ring (bicyclic) bond motifs is 9. The van der Waals surface area contributed by atoms with Crippen LogP contribution in [0.1, 0.15) is 43.2 Å². The van der Waals surface area contributed by atoms with E-state index in [1.807, 2.05) is 0 Å². The molecule has 0 amide bonds. The van der Waals surface area contributed by atoms with Crippen molar-refractivity contribution in [2.75, 3.05) is 0 Å². The molecule has 13 rings (SSSR count). The van der Waals surface area contributed by atoms with E-state index in [1.165, 1.54) is 97.8 Å².